The summed E-state index contributed by atoms with van der Waals surface area (Å²) in [5.74, 6) is -3.24. The van der Waals surface area contributed by atoms with E-state index < -0.39 is 30.3 Å². The van der Waals surface area contributed by atoms with Crippen molar-refractivity contribution in [1.29, 1.82) is 0 Å². The van der Waals surface area contributed by atoms with Crippen LogP contribution < -0.4 is 10.6 Å². The van der Waals surface area contributed by atoms with E-state index in [0.717, 1.165) is 24.1 Å². The Kier molecular flexibility index (Phi) is 4.54. The van der Waals surface area contributed by atoms with Crippen molar-refractivity contribution in [2.45, 2.75) is 25.4 Å². The second-order valence-electron chi connectivity index (χ2n) is 4.87. The minimum absolute atomic E-state index is 0.328. The molecule has 0 saturated heterocycles. The van der Waals surface area contributed by atoms with Gasteiger partial charge in [0.15, 0.2) is 0 Å². The van der Waals surface area contributed by atoms with E-state index in [4.69, 9.17) is 10.2 Å². The van der Waals surface area contributed by atoms with Gasteiger partial charge in [-0.15, -0.1) is 0 Å². The third-order valence-corrected chi connectivity index (χ3v) is 3.34. The van der Waals surface area contributed by atoms with E-state index in [-0.39, 0.29) is 0 Å². The molecule has 0 radical (unpaired) electrons. The molecule has 0 saturated carbocycles. The number of carbonyl (C=O) groups excluding carboxylic acids is 1. The zero-order valence-electron chi connectivity index (χ0n) is 11.3. The van der Waals surface area contributed by atoms with Gasteiger partial charge in [-0.25, -0.2) is 4.79 Å². The molecular weight excluding hydrogens is 276 g/mol. The Morgan fingerprint density at radius 1 is 1.24 bits per heavy atom. The number of hydrogen-bond acceptors (Lipinski definition) is 4. The van der Waals surface area contributed by atoms with E-state index >= 15 is 0 Å². The predicted molar refractivity (Wildman–Crippen MR) is 73.0 cm³/mol. The molecule has 7 nitrogen and oxygen atoms in total. The Labute approximate surface area is 121 Å². The van der Waals surface area contributed by atoms with Gasteiger partial charge in [-0.1, -0.05) is 6.07 Å². The first-order valence-corrected chi connectivity index (χ1v) is 6.55. The summed E-state index contributed by atoms with van der Waals surface area (Å²) in [6.45, 7) is 1.55. The molecule has 112 valence electrons. The maximum absolute atomic E-state index is 12.0. The summed E-state index contributed by atoms with van der Waals surface area (Å²) in [5, 5.41) is 23.0. The molecule has 1 atom stereocenters. The van der Waals surface area contributed by atoms with Gasteiger partial charge >= 0.3 is 11.9 Å². The molecule has 4 N–H and O–H groups in total. The Bertz CT molecular complexity index is 585. The zero-order chi connectivity index (χ0) is 15.4. The van der Waals surface area contributed by atoms with Crippen LogP contribution in [0.15, 0.2) is 18.2 Å². The van der Waals surface area contributed by atoms with Crippen molar-refractivity contribution >= 4 is 17.8 Å². The lowest BCUT2D eigenvalue weighted by atomic mass is 9.98. The van der Waals surface area contributed by atoms with Crippen LogP contribution in [0.1, 0.15) is 27.9 Å². The smallest absolute Gasteiger partial charge is 0.326 e. The minimum Gasteiger partial charge on any atom is -0.481 e. The van der Waals surface area contributed by atoms with Crippen LogP contribution in [-0.4, -0.2) is 40.6 Å². The van der Waals surface area contributed by atoms with Crippen LogP contribution in [0.4, 0.5) is 0 Å². The van der Waals surface area contributed by atoms with Gasteiger partial charge in [-0.05, 0) is 36.2 Å². The van der Waals surface area contributed by atoms with Crippen LogP contribution in [0.2, 0.25) is 0 Å². The van der Waals surface area contributed by atoms with Crippen molar-refractivity contribution in [2.24, 2.45) is 0 Å². The minimum atomic E-state index is -1.44. The number of aliphatic carboxylic acids is 2. The van der Waals surface area contributed by atoms with Crippen molar-refractivity contribution in [3.8, 4) is 0 Å². The van der Waals surface area contributed by atoms with Crippen LogP contribution in [0.3, 0.4) is 0 Å². The maximum Gasteiger partial charge on any atom is 0.326 e. The summed E-state index contributed by atoms with van der Waals surface area (Å²) in [4.78, 5) is 33.6. The van der Waals surface area contributed by atoms with Gasteiger partial charge in [0, 0.05) is 12.1 Å². The number of carbonyl (C=O) groups is 3. The zero-order valence-corrected chi connectivity index (χ0v) is 11.3. The van der Waals surface area contributed by atoms with Crippen LogP contribution in [0.25, 0.3) is 0 Å². The van der Waals surface area contributed by atoms with Gasteiger partial charge < -0.3 is 20.8 Å². The highest BCUT2D eigenvalue weighted by atomic mass is 16.4. The molecule has 1 aromatic rings. The van der Waals surface area contributed by atoms with E-state index in [2.05, 4.69) is 10.6 Å². The van der Waals surface area contributed by atoms with Gasteiger partial charge in [0.2, 0.25) is 0 Å². The van der Waals surface area contributed by atoms with Gasteiger partial charge in [0.05, 0.1) is 6.42 Å². The summed E-state index contributed by atoms with van der Waals surface area (Å²) < 4.78 is 0. The molecule has 1 amide bonds. The van der Waals surface area contributed by atoms with Crippen LogP contribution >= 0.6 is 0 Å². The highest BCUT2D eigenvalue weighted by Gasteiger charge is 2.24. The first kappa shape index (κ1) is 15.0. The topological polar surface area (TPSA) is 116 Å². The third-order valence-electron chi connectivity index (χ3n) is 3.34. The molecule has 1 heterocycles. The SMILES string of the molecule is O=C(O)CC(NC(=O)c1ccc2c(c1)CNCC2)C(=O)O. The highest BCUT2D eigenvalue weighted by molar-refractivity contribution is 5.97. The van der Waals surface area contributed by atoms with Crippen LogP contribution in [0, 0.1) is 0 Å². The second kappa shape index (κ2) is 6.36. The lowest BCUT2D eigenvalue weighted by Gasteiger charge is -2.18. The van der Waals surface area contributed by atoms with Crippen LogP contribution in [-0.2, 0) is 22.6 Å². The van der Waals surface area contributed by atoms with Crippen molar-refractivity contribution in [1.82, 2.24) is 10.6 Å². The molecule has 0 aliphatic carbocycles. The van der Waals surface area contributed by atoms with Crippen LogP contribution in [0.5, 0.6) is 0 Å². The summed E-state index contributed by atoms with van der Waals surface area (Å²) in [7, 11) is 0. The first-order valence-electron chi connectivity index (χ1n) is 6.55. The molecule has 0 aromatic heterocycles. The summed E-state index contributed by atoms with van der Waals surface area (Å²) >= 11 is 0. The number of amides is 1. The molecule has 1 aliphatic heterocycles. The molecule has 2 rings (SSSR count). The molecule has 0 bridgehead atoms. The number of benzene rings is 1. The molecule has 1 aromatic carbocycles. The molecule has 1 aliphatic rings. The summed E-state index contributed by atoms with van der Waals surface area (Å²) in [6.07, 6.45) is 0.224. The predicted octanol–water partition coefficient (Wildman–Crippen LogP) is -0.0100. The van der Waals surface area contributed by atoms with Gasteiger partial charge in [0.1, 0.15) is 6.04 Å². The fourth-order valence-corrected chi connectivity index (χ4v) is 2.24. The van der Waals surface area contributed by atoms with Crippen molar-refractivity contribution in [3.05, 3.63) is 34.9 Å². The van der Waals surface area contributed by atoms with E-state index in [1.165, 1.54) is 0 Å². The van der Waals surface area contributed by atoms with E-state index in [1.807, 2.05) is 6.07 Å². The number of hydrogen-bond donors (Lipinski definition) is 4. The van der Waals surface area contributed by atoms with E-state index in [9.17, 15) is 14.4 Å². The fourth-order valence-electron chi connectivity index (χ4n) is 2.24. The average Bonchev–Trinajstić information content (AvgIpc) is 2.45. The molecule has 0 fully saturated rings. The Balaban J connectivity index is 2.12. The monoisotopic (exact) mass is 292 g/mol. The molecule has 21 heavy (non-hydrogen) atoms. The van der Waals surface area contributed by atoms with Crippen molar-refractivity contribution < 1.29 is 24.6 Å². The van der Waals surface area contributed by atoms with E-state index in [1.54, 1.807) is 12.1 Å². The molecule has 7 heteroatoms. The highest BCUT2D eigenvalue weighted by Crippen LogP contribution is 2.16. The first-order chi connectivity index (χ1) is 9.97. The average molecular weight is 292 g/mol. The largest absolute Gasteiger partial charge is 0.481 e. The molecular formula is C14H16N2O5. The number of fused-ring (bicyclic) bond motifs is 1. The Morgan fingerprint density at radius 2 is 2.00 bits per heavy atom. The fraction of sp³-hybridized carbons (Fsp3) is 0.357. The Hall–Kier alpha value is -2.41. The third kappa shape index (κ3) is 3.79. The molecule has 1 unspecified atom stereocenters. The number of nitrogens with one attached hydrogen (secondary N) is 2. The normalized spacial score (nSPS) is 14.9. The lowest BCUT2D eigenvalue weighted by Crippen LogP contribution is -2.42. The quantitative estimate of drug-likeness (QED) is 0.606. The molecule has 0 spiro atoms. The van der Waals surface area contributed by atoms with Gasteiger partial charge in [-0.3, -0.25) is 9.59 Å². The summed E-state index contributed by atoms with van der Waals surface area (Å²) in [6, 6.07) is 3.73. The second-order valence-corrected chi connectivity index (χ2v) is 4.87. The van der Waals surface area contributed by atoms with Crippen molar-refractivity contribution in [3.63, 3.8) is 0 Å². The number of rotatable bonds is 5. The van der Waals surface area contributed by atoms with Crippen molar-refractivity contribution in [2.75, 3.05) is 6.54 Å². The summed E-state index contributed by atoms with van der Waals surface area (Å²) in [5.41, 5.74) is 2.48. The van der Waals surface area contributed by atoms with Gasteiger partial charge in [-0.2, -0.15) is 0 Å². The number of carboxylic acids is 2. The number of carboxylic acid groups (broad SMARTS) is 2. The standard InChI is InChI=1S/C14H16N2O5/c17-12(18)6-11(14(20)21)16-13(19)9-2-1-8-3-4-15-7-10(8)5-9/h1-2,5,11,15H,3-4,6-7H2,(H,16,19)(H,17,18)(H,20,21). The maximum atomic E-state index is 12.0. The van der Waals surface area contributed by atoms with E-state index in [0.29, 0.717) is 12.1 Å². The van der Waals surface area contributed by atoms with Gasteiger partial charge in [0.25, 0.3) is 5.91 Å². The lowest BCUT2D eigenvalue weighted by molar-refractivity contribution is -0.145. The Morgan fingerprint density at radius 3 is 2.67 bits per heavy atom.